The average molecular weight is 287 g/mol. The van der Waals surface area contributed by atoms with Crippen molar-refractivity contribution in [3.63, 3.8) is 0 Å². The first-order chi connectivity index (χ1) is 10.1. The topological polar surface area (TPSA) is 65.4 Å². The first-order valence-corrected chi connectivity index (χ1v) is 7.21. The molecule has 0 aliphatic carbocycles. The zero-order chi connectivity index (χ0) is 15.2. The molecule has 2 unspecified atom stereocenters. The second kappa shape index (κ2) is 7.09. The van der Waals surface area contributed by atoms with E-state index >= 15 is 0 Å². The molecular weight excluding hydrogens is 266 g/mol. The number of nitriles is 1. The minimum Gasteiger partial charge on any atom is -0.484 e. The van der Waals surface area contributed by atoms with Crippen molar-refractivity contribution in [1.82, 2.24) is 10.2 Å². The van der Waals surface area contributed by atoms with Gasteiger partial charge in [-0.25, -0.2) is 0 Å². The van der Waals surface area contributed by atoms with Crippen LogP contribution in [0.4, 0.5) is 0 Å². The minimum absolute atomic E-state index is 0.00657. The van der Waals surface area contributed by atoms with Gasteiger partial charge in [0.15, 0.2) is 6.61 Å². The number of nitrogens with one attached hydrogen (secondary N) is 1. The largest absolute Gasteiger partial charge is 0.484 e. The van der Waals surface area contributed by atoms with Crippen LogP contribution in [0.2, 0.25) is 0 Å². The Hall–Kier alpha value is -2.06. The zero-order valence-electron chi connectivity index (χ0n) is 12.5. The van der Waals surface area contributed by atoms with Gasteiger partial charge in [0.1, 0.15) is 5.75 Å². The van der Waals surface area contributed by atoms with Gasteiger partial charge in [0.25, 0.3) is 5.91 Å². The molecule has 2 atom stereocenters. The van der Waals surface area contributed by atoms with E-state index in [0.717, 1.165) is 19.4 Å². The summed E-state index contributed by atoms with van der Waals surface area (Å²) in [5.41, 5.74) is 0.576. The number of hydrogen-bond donors (Lipinski definition) is 1. The molecule has 1 amide bonds. The maximum atomic E-state index is 11.9. The highest BCUT2D eigenvalue weighted by molar-refractivity contribution is 5.77. The molecule has 1 N–H and O–H groups in total. The molecule has 5 nitrogen and oxygen atoms in total. The standard InChI is InChI=1S/C16H21N3O2/c1-12-9-14(7-8-19(12)2)18-16(20)11-21-15-5-3-13(10-17)4-6-15/h3-6,12,14H,7-9,11H2,1-2H3,(H,18,20). The van der Waals surface area contributed by atoms with Gasteiger partial charge in [-0.2, -0.15) is 5.26 Å². The molecule has 0 saturated carbocycles. The van der Waals surface area contributed by atoms with Crippen molar-refractivity contribution >= 4 is 5.91 Å². The second-order valence-electron chi connectivity index (χ2n) is 5.54. The molecule has 1 aliphatic rings. The SMILES string of the molecule is CC1CC(NC(=O)COc2ccc(C#N)cc2)CCN1C. The second-order valence-corrected chi connectivity index (χ2v) is 5.54. The van der Waals surface area contributed by atoms with Crippen molar-refractivity contribution in [2.75, 3.05) is 20.2 Å². The molecule has 0 radical (unpaired) electrons. The van der Waals surface area contributed by atoms with Crippen molar-refractivity contribution < 1.29 is 9.53 Å². The lowest BCUT2D eigenvalue weighted by Gasteiger charge is -2.35. The molecule has 112 valence electrons. The Morgan fingerprint density at radius 1 is 1.48 bits per heavy atom. The van der Waals surface area contributed by atoms with E-state index in [1.54, 1.807) is 24.3 Å². The van der Waals surface area contributed by atoms with E-state index in [1.807, 2.05) is 6.07 Å². The number of carbonyl (C=O) groups excluding carboxylic acids is 1. The third-order valence-electron chi connectivity index (χ3n) is 3.93. The van der Waals surface area contributed by atoms with E-state index in [2.05, 4.69) is 24.2 Å². The Morgan fingerprint density at radius 3 is 2.81 bits per heavy atom. The van der Waals surface area contributed by atoms with Crippen molar-refractivity contribution in [3.05, 3.63) is 29.8 Å². The molecule has 2 rings (SSSR count). The van der Waals surface area contributed by atoms with Gasteiger partial charge < -0.3 is 15.0 Å². The number of rotatable bonds is 4. The number of amides is 1. The summed E-state index contributed by atoms with van der Waals surface area (Å²) in [4.78, 5) is 14.2. The first-order valence-electron chi connectivity index (χ1n) is 7.21. The van der Waals surface area contributed by atoms with Gasteiger partial charge in [0.05, 0.1) is 11.6 Å². The summed E-state index contributed by atoms with van der Waals surface area (Å²) in [6.07, 6.45) is 1.95. The first kappa shape index (κ1) is 15.3. The van der Waals surface area contributed by atoms with Crippen LogP contribution in [0.25, 0.3) is 0 Å². The number of carbonyl (C=O) groups is 1. The van der Waals surface area contributed by atoms with Crippen molar-refractivity contribution in [2.24, 2.45) is 0 Å². The third kappa shape index (κ3) is 4.47. The lowest BCUT2D eigenvalue weighted by molar-refractivity contribution is -0.124. The van der Waals surface area contributed by atoms with E-state index in [-0.39, 0.29) is 18.6 Å². The van der Waals surface area contributed by atoms with Crippen LogP contribution in [-0.2, 0) is 4.79 Å². The fraction of sp³-hybridized carbons (Fsp3) is 0.500. The van der Waals surface area contributed by atoms with Gasteiger partial charge in [-0.05, 0) is 51.1 Å². The highest BCUT2D eigenvalue weighted by Gasteiger charge is 2.23. The Labute approximate surface area is 125 Å². The van der Waals surface area contributed by atoms with Crippen molar-refractivity contribution in [1.29, 1.82) is 5.26 Å². The molecule has 1 heterocycles. The lowest BCUT2D eigenvalue weighted by Crippen LogP contribution is -2.48. The fourth-order valence-corrected chi connectivity index (χ4v) is 2.46. The van der Waals surface area contributed by atoms with E-state index in [9.17, 15) is 4.79 Å². The Morgan fingerprint density at radius 2 is 2.19 bits per heavy atom. The van der Waals surface area contributed by atoms with Crippen LogP contribution in [-0.4, -0.2) is 43.1 Å². The summed E-state index contributed by atoms with van der Waals surface area (Å²) in [6.45, 7) is 3.18. The average Bonchev–Trinajstić information content (AvgIpc) is 2.49. The van der Waals surface area contributed by atoms with Crippen LogP contribution < -0.4 is 10.1 Å². The van der Waals surface area contributed by atoms with E-state index in [0.29, 0.717) is 17.4 Å². The summed E-state index contributed by atoms with van der Waals surface area (Å²) in [5.74, 6) is 0.502. The number of likely N-dealkylation sites (tertiary alicyclic amines) is 1. The minimum atomic E-state index is -0.0962. The Kier molecular flexibility index (Phi) is 5.18. The zero-order valence-corrected chi connectivity index (χ0v) is 12.5. The highest BCUT2D eigenvalue weighted by Crippen LogP contribution is 2.15. The monoisotopic (exact) mass is 287 g/mol. The van der Waals surface area contributed by atoms with Crippen molar-refractivity contribution in [3.8, 4) is 11.8 Å². The smallest absolute Gasteiger partial charge is 0.258 e. The van der Waals surface area contributed by atoms with Gasteiger partial charge in [0, 0.05) is 18.6 Å². The third-order valence-corrected chi connectivity index (χ3v) is 3.93. The molecule has 1 aromatic carbocycles. The van der Waals surface area contributed by atoms with E-state index in [4.69, 9.17) is 10.00 Å². The summed E-state index contributed by atoms with van der Waals surface area (Å²) in [5, 5.41) is 11.7. The highest BCUT2D eigenvalue weighted by atomic mass is 16.5. The quantitative estimate of drug-likeness (QED) is 0.912. The molecule has 1 fully saturated rings. The summed E-state index contributed by atoms with van der Waals surface area (Å²) in [7, 11) is 2.11. The summed E-state index contributed by atoms with van der Waals surface area (Å²) >= 11 is 0. The molecule has 1 aromatic rings. The van der Waals surface area contributed by atoms with E-state index < -0.39 is 0 Å². The molecule has 0 bridgehead atoms. The van der Waals surface area contributed by atoms with Crippen LogP contribution in [0.1, 0.15) is 25.3 Å². The molecule has 1 saturated heterocycles. The van der Waals surface area contributed by atoms with Crippen LogP contribution in [0.5, 0.6) is 5.75 Å². The number of benzene rings is 1. The summed E-state index contributed by atoms with van der Waals surface area (Å²) < 4.78 is 5.42. The maximum Gasteiger partial charge on any atom is 0.258 e. The number of ether oxygens (including phenoxy) is 1. The molecule has 0 spiro atoms. The molecule has 5 heteroatoms. The van der Waals surface area contributed by atoms with Gasteiger partial charge in [-0.1, -0.05) is 0 Å². The predicted molar refractivity (Wildman–Crippen MR) is 79.9 cm³/mol. The lowest BCUT2D eigenvalue weighted by atomic mass is 9.99. The van der Waals surface area contributed by atoms with Crippen LogP contribution in [0, 0.1) is 11.3 Å². The van der Waals surface area contributed by atoms with Gasteiger partial charge in [-0.3, -0.25) is 4.79 Å². The molecule has 1 aliphatic heterocycles. The fourth-order valence-electron chi connectivity index (χ4n) is 2.46. The molecule has 21 heavy (non-hydrogen) atoms. The van der Waals surface area contributed by atoms with Gasteiger partial charge in [-0.15, -0.1) is 0 Å². The summed E-state index contributed by atoms with van der Waals surface area (Å²) in [6, 6.07) is 9.50. The van der Waals surface area contributed by atoms with E-state index in [1.165, 1.54) is 0 Å². The predicted octanol–water partition coefficient (Wildman–Crippen LogP) is 1.54. The van der Waals surface area contributed by atoms with Crippen LogP contribution in [0.3, 0.4) is 0 Å². The van der Waals surface area contributed by atoms with Crippen LogP contribution in [0.15, 0.2) is 24.3 Å². The number of piperidine rings is 1. The molecular formula is C16H21N3O2. The van der Waals surface area contributed by atoms with Crippen molar-refractivity contribution in [2.45, 2.75) is 31.8 Å². The number of hydrogen-bond acceptors (Lipinski definition) is 4. The van der Waals surface area contributed by atoms with Gasteiger partial charge in [0.2, 0.25) is 0 Å². The van der Waals surface area contributed by atoms with Crippen LogP contribution >= 0.6 is 0 Å². The Balaban J connectivity index is 1.75. The van der Waals surface area contributed by atoms with Gasteiger partial charge >= 0.3 is 0 Å². The Bertz CT molecular complexity index is 521. The maximum absolute atomic E-state index is 11.9. The molecule has 0 aromatic heterocycles. The number of nitrogens with zero attached hydrogens (tertiary/aromatic N) is 2. The normalized spacial score (nSPS) is 22.3.